The van der Waals surface area contributed by atoms with Crippen LogP contribution in [0.1, 0.15) is 13.8 Å². The summed E-state index contributed by atoms with van der Waals surface area (Å²) in [6.07, 6.45) is 0. The van der Waals surface area contributed by atoms with Crippen molar-refractivity contribution in [1.82, 2.24) is 4.31 Å². The van der Waals surface area contributed by atoms with E-state index in [1.165, 1.54) is 13.8 Å². The molecule has 0 unspecified atom stereocenters. The number of rotatable bonds is 6. The van der Waals surface area contributed by atoms with Crippen LogP contribution >= 0.6 is 11.6 Å². The lowest BCUT2D eigenvalue weighted by Gasteiger charge is -2.24. The number of halogens is 1. The molecule has 0 atom stereocenters. The Morgan fingerprint density at radius 1 is 1.48 bits per heavy atom. The van der Waals surface area contributed by atoms with E-state index in [0.717, 1.165) is 18.2 Å². The van der Waals surface area contributed by atoms with Gasteiger partial charge < -0.3 is 5.11 Å². The molecule has 0 bridgehead atoms. The molecule has 0 aliphatic rings. The third kappa shape index (κ3) is 3.90. The number of aliphatic carboxylic acids is 1. The van der Waals surface area contributed by atoms with Gasteiger partial charge in [-0.15, -0.1) is 0 Å². The van der Waals surface area contributed by atoms with E-state index in [4.69, 9.17) is 16.7 Å². The summed E-state index contributed by atoms with van der Waals surface area (Å²) in [6.45, 7) is 2.22. The Balaban J connectivity index is 3.43. The van der Waals surface area contributed by atoms with Crippen molar-refractivity contribution in [2.75, 3.05) is 6.54 Å². The Hall–Kier alpha value is -1.71. The molecular weight excluding hydrogens is 324 g/mol. The molecule has 0 fully saturated rings. The first-order valence-corrected chi connectivity index (χ1v) is 7.56. The summed E-state index contributed by atoms with van der Waals surface area (Å²) in [5, 5.41) is 19.3. The van der Waals surface area contributed by atoms with Crippen LogP contribution in [0, 0.1) is 10.1 Å². The zero-order chi connectivity index (χ0) is 16.4. The maximum Gasteiger partial charge on any atom is 0.318 e. The molecular formula is C11H13ClN2O6S. The van der Waals surface area contributed by atoms with Crippen LogP contribution in [0.2, 0.25) is 5.02 Å². The third-order valence-corrected chi connectivity index (χ3v) is 5.08. The van der Waals surface area contributed by atoms with Crippen molar-refractivity contribution in [2.45, 2.75) is 24.8 Å². The molecule has 21 heavy (non-hydrogen) atoms. The standard InChI is InChI=1S/C11H13ClN2O6S/c1-7(2)13(6-11(15)16)21(19,20)10-5-8(14(17)18)3-4-9(10)12/h3-5,7H,6H2,1-2H3,(H,15,16). The molecule has 0 aliphatic heterocycles. The highest BCUT2D eigenvalue weighted by molar-refractivity contribution is 7.89. The van der Waals surface area contributed by atoms with Gasteiger partial charge in [-0.1, -0.05) is 11.6 Å². The fourth-order valence-electron chi connectivity index (χ4n) is 1.61. The quantitative estimate of drug-likeness (QED) is 0.624. The second-order valence-corrected chi connectivity index (χ2v) is 6.68. The van der Waals surface area contributed by atoms with Crippen LogP contribution in [0.15, 0.2) is 23.1 Å². The van der Waals surface area contributed by atoms with Crippen LogP contribution in [0.4, 0.5) is 5.69 Å². The molecule has 1 rings (SSSR count). The number of hydrogen-bond donors (Lipinski definition) is 1. The summed E-state index contributed by atoms with van der Waals surface area (Å²) in [5.41, 5.74) is -0.447. The fraction of sp³-hybridized carbons (Fsp3) is 0.364. The second kappa shape index (κ2) is 6.37. The van der Waals surface area contributed by atoms with Crippen molar-refractivity contribution < 1.29 is 23.2 Å². The Morgan fingerprint density at radius 2 is 2.05 bits per heavy atom. The molecule has 1 aromatic carbocycles. The molecule has 0 aromatic heterocycles. The van der Waals surface area contributed by atoms with Crippen molar-refractivity contribution in [3.63, 3.8) is 0 Å². The predicted molar refractivity (Wildman–Crippen MR) is 74.8 cm³/mol. The number of hydrogen-bond acceptors (Lipinski definition) is 5. The van der Waals surface area contributed by atoms with E-state index < -0.39 is 44.1 Å². The van der Waals surface area contributed by atoms with E-state index in [1.807, 2.05) is 0 Å². The molecule has 116 valence electrons. The number of nitrogens with zero attached hydrogens (tertiary/aromatic N) is 2. The molecule has 1 N–H and O–H groups in total. The van der Waals surface area contributed by atoms with Gasteiger partial charge in [-0.25, -0.2) is 8.42 Å². The molecule has 0 heterocycles. The molecule has 0 spiro atoms. The van der Waals surface area contributed by atoms with E-state index >= 15 is 0 Å². The van der Waals surface area contributed by atoms with Crippen molar-refractivity contribution >= 4 is 33.3 Å². The first-order valence-electron chi connectivity index (χ1n) is 5.75. The van der Waals surface area contributed by atoms with Crippen LogP contribution in [0.25, 0.3) is 0 Å². The average Bonchev–Trinajstić information content (AvgIpc) is 2.35. The number of sulfonamides is 1. The predicted octanol–water partition coefficient (Wildman–Crippen LogP) is 1.73. The monoisotopic (exact) mass is 336 g/mol. The summed E-state index contributed by atoms with van der Waals surface area (Å²) in [6, 6.07) is 2.32. The van der Waals surface area contributed by atoms with Gasteiger partial charge >= 0.3 is 5.97 Å². The molecule has 1 aromatic rings. The van der Waals surface area contributed by atoms with Crippen LogP contribution in [-0.4, -0.2) is 41.3 Å². The fourth-order valence-corrected chi connectivity index (χ4v) is 3.69. The molecule has 0 radical (unpaired) electrons. The highest BCUT2D eigenvalue weighted by atomic mass is 35.5. The second-order valence-electron chi connectivity index (χ2n) is 4.41. The van der Waals surface area contributed by atoms with Crippen molar-refractivity contribution in [2.24, 2.45) is 0 Å². The lowest BCUT2D eigenvalue weighted by atomic mass is 10.3. The number of non-ortho nitro benzene ring substituents is 1. The number of carboxylic acids is 1. The minimum absolute atomic E-state index is 0.211. The van der Waals surface area contributed by atoms with E-state index in [9.17, 15) is 23.3 Å². The molecule has 0 amide bonds. The number of nitro benzene ring substituents is 1. The van der Waals surface area contributed by atoms with Gasteiger partial charge in [0, 0.05) is 18.2 Å². The Morgan fingerprint density at radius 3 is 2.48 bits per heavy atom. The SMILES string of the molecule is CC(C)N(CC(=O)O)S(=O)(=O)c1cc([N+](=O)[O-])ccc1Cl. The van der Waals surface area contributed by atoms with Gasteiger partial charge in [0.15, 0.2) is 0 Å². The number of benzene rings is 1. The zero-order valence-electron chi connectivity index (χ0n) is 11.2. The Bertz CT molecular complexity index is 673. The first-order chi connectivity index (χ1) is 9.57. The van der Waals surface area contributed by atoms with Gasteiger partial charge in [-0.2, -0.15) is 4.31 Å². The summed E-state index contributed by atoms with van der Waals surface area (Å²) in [5.74, 6) is -1.34. The summed E-state index contributed by atoms with van der Waals surface area (Å²) < 4.78 is 25.6. The highest BCUT2D eigenvalue weighted by Crippen LogP contribution is 2.29. The van der Waals surface area contributed by atoms with E-state index in [0.29, 0.717) is 4.31 Å². The van der Waals surface area contributed by atoms with Crippen molar-refractivity contribution in [3.8, 4) is 0 Å². The lowest BCUT2D eigenvalue weighted by Crippen LogP contribution is -2.40. The minimum atomic E-state index is -4.27. The Kier molecular flexibility index (Phi) is 5.26. The van der Waals surface area contributed by atoms with Crippen molar-refractivity contribution in [3.05, 3.63) is 33.3 Å². The summed E-state index contributed by atoms with van der Waals surface area (Å²) in [7, 11) is -4.27. The maximum atomic E-state index is 12.5. The van der Waals surface area contributed by atoms with E-state index in [-0.39, 0.29) is 5.02 Å². The third-order valence-electron chi connectivity index (χ3n) is 2.58. The topological polar surface area (TPSA) is 118 Å². The van der Waals surface area contributed by atoms with E-state index in [1.54, 1.807) is 0 Å². The maximum absolute atomic E-state index is 12.5. The van der Waals surface area contributed by atoms with Crippen LogP contribution in [0.5, 0.6) is 0 Å². The molecule has 8 nitrogen and oxygen atoms in total. The van der Waals surface area contributed by atoms with Gasteiger partial charge in [0.25, 0.3) is 5.69 Å². The molecule has 0 aliphatic carbocycles. The molecule has 0 saturated carbocycles. The molecule has 0 saturated heterocycles. The van der Waals surface area contributed by atoms with Gasteiger partial charge in [0.05, 0.1) is 9.95 Å². The smallest absolute Gasteiger partial charge is 0.318 e. The normalized spacial score (nSPS) is 11.9. The van der Waals surface area contributed by atoms with Gasteiger partial charge in [0.1, 0.15) is 11.4 Å². The number of carbonyl (C=O) groups is 1. The van der Waals surface area contributed by atoms with Crippen LogP contribution in [-0.2, 0) is 14.8 Å². The highest BCUT2D eigenvalue weighted by Gasteiger charge is 2.32. The summed E-state index contributed by atoms with van der Waals surface area (Å²) >= 11 is 5.79. The summed E-state index contributed by atoms with van der Waals surface area (Å²) in [4.78, 5) is 20.3. The average molecular weight is 337 g/mol. The number of carboxylic acid groups (broad SMARTS) is 1. The van der Waals surface area contributed by atoms with Crippen LogP contribution in [0.3, 0.4) is 0 Å². The zero-order valence-corrected chi connectivity index (χ0v) is 12.8. The van der Waals surface area contributed by atoms with Gasteiger partial charge in [-0.05, 0) is 19.9 Å². The number of nitro groups is 1. The first kappa shape index (κ1) is 17.3. The molecule has 10 heteroatoms. The minimum Gasteiger partial charge on any atom is -0.480 e. The largest absolute Gasteiger partial charge is 0.480 e. The van der Waals surface area contributed by atoms with Gasteiger partial charge in [-0.3, -0.25) is 14.9 Å². The Labute approximate surface area is 126 Å². The van der Waals surface area contributed by atoms with E-state index in [2.05, 4.69) is 0 Å². The van der Waals surface area contributed by atoms with Crippen LogP contribution < -0.4 is 0 Å². The van der Waals surface area contributed by atoms with Crippen molar-refractivity contribution in [1.29, 1.82) is 0 Å². The van der Waals surface area contributed by atoms with Gasteiger partial charge in [0.2, 0.25) is 10.0 Å². The lowest BCUT2D eigenvalue weighted by molar-refractivity contribution is -0.385.